The number of rotatable bonds is 3. The van der Waals surface area contributed by atoms with Gasteiger partial charge in [-0.3, -0.25) is 4.79 Å². The molecule has 4 aliphatic rings. The van der Waals surface area contributed by atoms with E-state index < -0.39 is 36.0 Å². The predicted octanol–water partition coefficient (Wildman–Crippen LogP) is 1.35. The minimum Gasteiger partial charge on any atom is -0.457 e. The van der Waals surface area contributed by atoms with Crippen molar-refractivity contribution in [3.63, 3.8) is 0 Å². The summed E-state index contributed by atoms with van der Waals surface area (Å²) in [6.07, 6.45) is 3.04. The van der Waals surface area contributed by atoms with Gasteiger partial charge < -0.3 is 29.7 Å². The van der Waals surface area contributed by atoms with Crippen LogP contribution in [0.4, 0.5) is 0 Å². The van der Waals surface area contributed by atoms with E-state index in [9.17, 15) is 19.8 Å². The largest absolute Gasteiger partial charge is 0.457 e. The normalized spacial score (nSPS) is 49.3. The van der Waals surface area contributed by atoms with E-state index >= 15 is 0 Å². The van der Waals surface area contributed by atoms with Crippen molar-refractivity contribution in [1.29, 1.82) is 0 Å². The summed E-state index contributed by atoms with van der Waals surface area (Å²) in [4.78, 5) is 24.9. The van der Waals surface area contributed by atoms with Crippen LogP contribution in [-0.2, 0) is 23.8 Å². The van der Waals surface area contributed by atoms with Gasteiger partial charge in [0.05, 0.1) is 24.4 Å². The molecule has 0 aromatic carbocycles. The highest BCUT2D eigenvalue weighted by Crippen LogP contribution is 2.60. The summed E-state index contributed by atoms with van der Waals surface area (Å²) >= 11 is 0. The van der Waals surface area contributed by atoms with Gasteiger partial charge in [0.15, 0.2) is 6.10 Å². The molecule has 184 valence electrons. The van der Waals surface area contributed by atoms with Crippen molar-refractivity contribution in [3.8, 4) is 0 Å². The van der Waals surface area contributed by atoms with Crippen LogP contribution in [0.3, 0.4) is 0 Å². The highest BCUT2D eigenvalue weighted by Gasteiger charge is 2.68. The lowest BCUT2D eigenvalue weighted by Crippen LogP contribution is -2.59. The van der Waals surface area contributed by atoms with E-state index in [4.69, 9.17) is 14.2 Å². The van der Waals surface area contributed by atoms with Gasteiger partial charge in [-0.2, -0.15) is 0 Å². The van der Waals surface area contributed by atoms with Gasteiger partial charge in [-0.1, -0.05) is 32.1 Å². The van der Waals surface area contributed by atoms with Crippen LogP contribution in [0.2, 0.25) is 0 Å². The molecule has 1 saturated heterocycles. The summed E-state index contributed by atoms with van der Waals surface area (Å²) in [5.74, 6) is -1.67. The Balaban J connectivity index is 1.85. The zero-order valence-corrected chi connectivity index (χ0v) is 20.2. The van der Waals surface area contributed by atoms with Crippen LogP contribution < -0.4 is 5.32 Å². The van der Waals surface area contributed by atoms with Crippen molar-refractivity contribution in [1.82, 2.24) is 5.32 Å². The van der Waals surface area contributed by atoms with Crippen LogP contribution in [-0.4, -0.2) is 71.4 Å². The topological polar surface area (TPSA) is 114 Å². The zero-order chi connectivity index (χ0) is 24.2. The van der Waals surface area contributed by atoms with Crippen molar-refractivity contribution < 1.29 is 34.0 Å². The smallest absolute Gasteiger partial charge is 0.335 e. The van der Waals surface area contributed by atoms with Crippen molar-refractivity contribution in [3.05, 3.63) is 23.8 Å². The maximum absolute atomic E-state index is 13.0. The van der Waals surface area contributed by atoms with Crippen molar-refractivity contribution in [2.75, 3.05) is 7.11 Å². The molecular weight excluding hydrogens is 426 g/mol. The molecule has 3 N–H and O–H groups in total. The van der Waals surface area contributed by atoms with Gasteiger partial charge in [0.25, 0.3) is 0 Å². The van der Waals surface area contributed by atoms with Gasteiger partial charge in [-0.15, -0.1) is 0 Å². The Hall–Kier alpha value is -1.74. The average molecular weight is 464 g/mol. The molecule has 0 aromatic rings. The summed E-state index contributed by atoms with van der Waals surface area (Å²) in [7, 11) is 1.47. The standard InChI is InChI=1S/C25H37NO7/c1-11-9-12(2)25-16(10-18(31-6)24(30)32-22(11)14(4)27)7-8-17-19(25)21(29)13(3)20(23(17)33-25)26-15(5)28/h7-9,11,13-14,16-23,27,29H,10H2,1-6H3,(H,26,28)/b12-9+/t11-,13+,14?,16-,17-,18+,19+,20+,21-,22+,23-,25+/m1/s1. The van der Waals surface area contributed by atoms with Gasteiger partial charge >= 0.3 is 5.97 Å². The number of cyclic esters (lactones) is 1. The lowest BCUT2D eigenvalue weighted by atomic mass is 9.57. The Bertz CT molecular complexity index is 854. The van der Waals surface area contributed by atoms with E-state index in [1.54, 1.807) is 6.92 Å². The molecule has 2 heterocycles. The molecule has 4 rings (SSSR count). The summed E-state index contributed by atoms with van der Waals surface area (Å²) in [5.41, 5.74) is 0.0895. The first-order valence-corrected chi connectivity index (χ1v) is 11.9. The number of methoxy groups -OCH3 is 1. The Morgan fingerprint density at radius 1 is 1.33 bits per heavy atom. The third-order valence-electron chi connectivity index (χ3n) is 8.32. The molecule has 8 nitrogen and oxygen atoms in total. The molecule has 33 heavy (non-hydrogen) atoms. The lowest BCUT2D eigenvalue weighted by molar-refractivity contribution is -0.172. The second-order valence-corrected chi connectivity index (χ2v) is 10.4. The van der Waals surface area contributed by atoms with Crippen LogP contribution in [0, 0.1) is 29.6 Å². The summed E-state index contributed by atoms with van der Waals surface area (Å²) < 4.78 is 18.1. The lowest BCUT2D eigenvalue weighted by Gasteiger charge is -2.49. The molecule has 1 spiro atoms. The van der Waals surface area contributed by atoms with Gasteiger partial charge in [0, 0.05) is 43.6 Å². The number of carbonyl (C=O) groups is 2. The Kier molecular flexibility index (Phi) is 6.50. The molecular formula is C25H37NO7. The second-order valence-electron chi connectivity index (χ2n) is 10.4. The summed E-state index contributed by atoms with van der Waals surface area (Å²) in [6, 6.07) is -0.324. The summed E-state index contributed by atoms with van der Waals surface area (Å²) in [5, 5.41) is 24.9. The summed E-state index contributed by atoms with van der Waals surface area (Å²) in [6.45, 7) is 8.93. The molecule has 1 unspecified atom stereocenters. The van der Waals surface area contributed by atoms with Crippen LogP contribution in [0.1, 0.15) is 41.0 Å². The molecule has 4 bridgehead atoms. The van der Waals surface area contributed by atoms with E-state index in [0.717, 1.165) is 5.57 Å². The minimum atomic E-state index is -0.865. The van der Waals surface area contributed by atoms with Crippen LogP contribution in [0.25, 0.3) is 0 Å². The highest BCUT2D eigenvalue weighted by atomic mass is 16.6. The van der Waals surface area contributed by atoms with E-state index in [2.05, 4.69) is 17.5 Å². The first-order valence-electron chi connectivity index (χ1n) is 11.9. The number of hydrogen-bond donors (Lipinski definition) is 3. The van der Waals surface area contributed by atoms with Crippen molar-refractivity contribution in [2.45, 2.75) is 83.2 Å². The quantitative estimate of drug-likeness (QED) is 0.428. The zero-order valence-electron chi connectivity index (χ0n) is 20.2. The molecule has 2 fully saturated rings. The first kappa shape index (κ1) is 24.4. The van der Waals surface area contributed by atoms with Crippen LogP contribution in [0.5, 0.6) is 0 Å². The fourth-order valence-corrected chi connectivity index (χ4v) is 6.82. The highest BCUT2D eigenvalue weighted by molar-refractivity contribution is 5.75. The first-order chi connectivity index (χ1) is 15.5. The number of ether oxygens (including phenoxy) is 3. The third kappa shape index (κ3) is 3.75. The Labute approximate surface area is 195 Å². The Morgan fingerprint density at radius 2 is 2.03 bits per heavy atom. The predicted molar refractivity (Wildman–Crippen MR) is 120 cm³/mol. The fourth-order valence-electron chi connectivity index (χ4n) is 6.82. The number of hydrogen-bond acceptors (Lipinski definition) is 7. The Morgan fingerprint density at radius 3 is 2.64 bits per heavy atom. The molecule has 2 aliphatic heterocycles. The molecule has 0 radical (unpaired) electrons. The molecule has 0 aromatic heterocycles. The fraction of sp³-hybridized carbons (Fsp3) is 0.760. The molecule has 12 atom stereocenters. The maximum Gasteiger partial charge on any atom is 0.335 e. The van der Waals surface area contributed by atoms with E-state index in [0.29, 0.717) is 6.42 Å². The van der Waals surface area contributed by atoms with Gasteiger partial charge in [0.2, 0.25) is 5.91 Å². The molecule has 1 amide bonds. The molecule has 1 saturated carbocycles. The van der Waals surface area contributed by atoms with Gasteiger partial charge in [-0.25, -0.2) is 4.79 Å². The van der Waals surface area contributed by atoms with Crippen molar-refractivity contribution in [2.24, 2.45) is 29.6 Å². The average Bonchev–Trinajstić information content (AvgIpc) is 2.94. The van der Waals surface area contributed by atoms with Crippen LogP contribution in [0.15, 0.2) is 23.8 Å². The number of esters is 1. The SMILES string of the molecule is CO[C@H]1C[C@H]2C=C[C@H]3[C@H]4O[C@]2(/C(C)=C/[C@@H](C)[C@@H](C(C)O)OC1=O)[C@@H]3[C@H](O)[C@@H](C)[C@@H]4NC(C)=O. The maximum atomic E-state index is 13.0. The van der Waals surface area contributed by atoms with Crippen LogP contribution >= 0.6 is 0 Å². The second kappa shape index (κ2) is 8.80. The van der Waals surface area contributed by atoms with Crippen molar-refractivity contribution >= 4 is 11.9 Å². The third-order valence-corrected chi connectivity index (χ3v) is 8.32. The number of nitrogens with one attached hydrogen (secondary N) is 1. The van der Waals surface area contributed by atoms with E-state index in [1.165, 1.54) is 14.0 Å². The van der Waals surface area contributed by atoms with E-state index in [-0.39, 0.29) is 47.6 Å². The van der Waals surface area contributed by atoms with Gasteiger partial charge in [-0.05, 0) is 25.8 Å². The van der Waals surface area contributed by atoms with Gasteiger partial charge in [0.1, 0.15) is 11.7 Å². The number of amides is 1. The molecule has 2 aliphatic carbocycles. The van der Waals surface area contributed by atoms with E-state index in [1.807, 2.05) is 26.8 Å². The molecule has 8 heteroatoms. The number of aliphatic hydroxyl groups is 2. The monoisotopic (exact) mass is 463 g/mol. The number of carbonyl (C=O) groups excluding carboxylic acids is 2. The minimum absolute atomic E-state index is 0.0635. The number of aliphatic hydroxyl groups excluding tert-OH is 2.